The maximum atomic E-state index is 4.78. The van der Waals surface area contributed by atoms with E-state index in [0.717, 1.165) is 13.1 Å². The monoisotopic (exact) mass is 266 g/mol. The highest BCUT2D eigenvalue weighted by molar-refractivity contribution is 5.88. The molecule has 2 heteroatoms. The van der Waals surface area contributed by atoms with Crippen LogP contribution in [0.1, 0.15) is 85.0 Å². The van der Waals surface area contributed by atoms with Gasteiger partial charge in [0.1, 0.15) is 5.84 Å². The number of aliphatic imine (C=N–C) groups is 1. The van der Waals surface area contributed by atoms with E-state index in [2.05, 4.69) is 26.1 Å². The van der Waals surface area contributed by atoms with Crippen LogP contribution in [-0.2, 0) is 0 Å². The molecule has 0 radical (unpaired) electrons. The van der Waals surface area contributed by atoms with Crippen molar-refractivity contribution in [3.8, 4) is 0 Å². The van der Waals surface area contributed by atoms with Gasteiger partial charge < -0.3 is 5.32 Å². The third kappa shape index (κ3) is 5.97. The average Bonchev–Trinajstić information content (AvgIpc) is 2.46. The van der Waals surface area contributed by atoms with Crippen LogP contribution < -0.4 is 5.32 Å². The van der Waals surface area contributed by atoms with Crippen molar-refractivity contribution in [2.24, 2.45) is 10.4 Å². The minimum atomic E-state index is 0.308. The Kier molecular flexibility index (Phi) is 8.16. The molecule has 0 aromatic carbocycles. The molecule has 1 rings (SSSR count). The molecule has 0 spiro atoms. The van der Waals surface area contributed by atoms with E-state index in [-0.39, 0.29) is 0 Å². The zero-order valence-electron chi connectivity index (χ0n) is 13.4. The Bertz CT molecular complexity index is 260. The molecule has 1 atom stereocenters. The maximum absolute atomic E-state index is 4.78. The average molecular weight is 266 g/mol. The van der Waals surface area contributed by atoms with Gasteiger partial charge in [0.15, 0.2) is 0 Å². The summed E-state index contributed by atoms with van der Waals surface area (Å²) < 4.78 is 0. The van der Waals surface area contributed by atoms with Gasteiger partial charge in [0.2, 0.25) is 0 Å². The second-order valence-corrected chi connectivity index (χ2v) is 6.34. The largest absolute Gasteiger partial charge is 0.373 e. The normalized spacial score (nSPS) is 18.6. The van der Waals surface area contributed by atoms with Crippen LogP contribution in [0.5, 0.6) is 0 Å². The van der Waals surface area contributed by atoms with E-state index < -0.39 is 0 Å². The summed E-state index contributed by atoms with van der Waals surface area (Å²) in [5.41, 5.74) is 0.308. The van der Waals surface area contributed by atoms with E-state index in [4.69, 9.17) is 4.99 Å². The van der Waals surface area contributed by atoms with E-state index in [9.17, 15) is 0 Å². The van der Waals surface area contributed by atoms with Crippen LogP contribution in [-0.4, -0.2) is 18.9 Å². The Labute approximate surface area is 120 Å². The Morgan fingerprint density at radius 2 is 1.68 bits per heavy atom. The molecular formula is C17H34N2. The zero-order chi connectivity index (χ0) is 14.0. The highest BCUT2D eigenvalue weighted by atomic mass is 15.0. The van der Waals surface area contributed by atoms with E-state index in [0.29, 0.717) is 5.41 Å². The Balaban J connectivity index is 2.46. The van der Waals surface area contributed by atoms with Crippen molar-refractivity contribution in [1.82, 2.24) is 5.32 Å². The third-order valence-corrected chi connectivity index (χ3v) is 4.38. The van der Waals surface area contributed by atoms with Crippen molar-refractivity contribution >= 4 is 5.84 Å². The van der Waals surface area contributed by atoms with E-state index in [1.54, 1.807) is 0 Å². The van der Waals surface area contributed by atoms with Crippen molar-refractivity contribution in [3.05, 3.63) is 0 Å². The van der Waals surface area contributed by atoms with Crippen LogP contribution in [0.25, 0.3) is 0 Å². The fraction of sp³-hybridized carbons (Fsp3) is 0.941. The Hall–Kier alpha value is -0.530. The first-order valence-corrected chi connectivity index (χ1v) is 8.51. The third-order valence-electron chi connectivity index (χ3n) is 4.38. The van der Waals surface area contributed by atoms with E-state index in [1.807, 2.05) is 0 Å². The molecule has 0 amide bonds. The molecule has 1 heterocycles. The van der Waals surface area contributed by atoms with Crippen LogP contribution in [0.4, 0.5) is 0 Å². The molecule has 0 aromatic rings. The van der Waals surface area contributed by atoms with Crippen molar-refractivity contribution in [1.29, 1.82) is 0 Å². The predicted octanol–water partition coefficient (Wildman–Crippen LogP) is 4.94. The topological polar surface area (TPSA) is 24.4 Å². The van der Waals surface area contributed by atoms with Crippen LogP contribution in [0.2, 0.25) is 0 Å². The van der Waals surface area contributed by atoms with Crippen molar-refractivity contribution in [2.75, 3.05) is 13.1 Å². The van der Waals surface area contributed by atoms with Crippen molar-refractivity contribution < 1.29 is 0 Å². The fourth-order valence-corrected chi connectivity index (χ4v) is 2.98. The first kappa shape index (κ1) is 16.5. The van der Waals surface area contributed by atoms with Gasteiger partial charge in [0, 0.05) is 18.5 Å². The summed E-state index contributed by atoms with van der Waals surface area (Å²) in [4.78, 5) is 4.78. The number of nitrogens with one attached hydrogen (secondary N) is 1. The van der Waals surface area contributed by atoms with Gasteiger partial charge in [0.05, 0.1) is 0 Å². The lowest BCUT2D eigenvalue weighted by atomic mass is 9.78. The second kappa shape index (κ2) is 9.39. The Morgan fingerprint density at radius 3 is 2.32 bits per heavy atom. The first-order valence-electron chi connectivity index (χ1n) is 8.51. The maximum Gasteiger partial charge on any atom is 0.102 e. The van der Waals surface area contributed by atoms with Gasteiger partial charge in [-0.1, -0.05) is 65.7 Å². The SMILES string of the molecule is CCCCCCCC(C)(CCCC)C1=NCCCN1. The minimum Gasteiger partial charge on any atom is -0.373 e. The molecule has 112 valence electrons. The summed E-state index contributed by atoms with van der Waals surface area (Å²) in [5.74, 6) is 1.31. The standard InChI is InChI=1S/C17H34N2/c1-4-6-8-9-10-13-17(3,12-7-5-2)16-18-14-11-15-19-16/h4-15H2,1-3H3,(H,18,19). The molecule has 1 unspecified atom stereocenters. The van der Waals surface area contributed by atoms with Crippen LogP contribution >= 0.6 is 0 Å². The van der Waals surface area contributed by atoms with E-state index in [1.165, 1.54) is 70.0 Å². The van der Waals surface area contributed by atoms with Gasteiger partial charge in [-0.3, -0.25) is 4.99 Å². The molecule has 19 heavy (non-hydrogen) atoms. The van der Waals surface area contributed by atoms with Gasteiger partial charge in [-0.2, -0.15) is 0 Å². The number of hydrogen-bond acceptors (Lipinski definition) is 2. The smallest absolute Gasteiger partial charge is 0.102 e. The second-order valence-electron chi connectivity index (χ2n) is 6.34. The number of rotatable bonds is 10. The number of nitrogens with zero attached hydrogens (tertiary/aromatic N) is 1. The number of hydrogen-bond donors (Lipinski definition) is 1. The Morgan fingerprint density at radius 1 is 1.00 bits per heavy atom. The highest BCUT2D eigenvalue weighted by Crippen LogP contribution is 2.32. The summed E-state index contributed by atoms with van der Waals surface area (Å²) in [7, 11) is 0. The van der Waals surface area contributed by atoms with Crippen molar-refractivity contribution in [3.63, 3.8) is 0 Å². The molecule has 2 nitrogen and oxygen atoms in total. The molecular weight excluding hydrogens is 232 g/mol. The predicted molar refractivity (Wildman–Crippen MR) is 85.9 cm³/mol. The molecule has 0 fully saturated rings. The van der Waals surface area contributed by atoms with Gasteiger partial charge >= 0.3 is 0 Å². The fourth-order valence-electron chi connectivity index (χ4n) is 2.98. The molecule has 0 saturated carbocycles. The summed E-state index contributed by atoms with van der Waals surface area (Å²) in [5, 5.41) is 3.57. The molecule has 0 aromatic heterocycles. The number of unbranched alkanes of at least 4 members (excludes halogenated alkanes) is 5. The van der Waals surface area contributed by atoms with Gasteiger partial charge in [0.25, 0.3) is 0 Å². The molecule has 1 N–H and O–H groups in total. The lowest BCUT2D eigenvalue weighted by Gasteiger charge is -2.34. The van der Waals surface area contributed by atoms with Gasteiger partial charge in [-0.25, -0.2) is 0 Å². The summed E-state index contributed by atoms with van der Waals surface area (Å²) in [6.45, 7) is 9.15. The lowest BCUT2D eigenvalue weighted by Crippen LogP contribution is -2.42. The quantitative estimate of drug-likeness (QED) is 0.557. The summed E-state index contributed by atoms with van der Waals surface area (Å²) in [6, 6.07) is 0. The molecule has 0 saturated heterocycles. The molecule has 0 bridgehead atoms. The van der Waals surface area contributed by atoms with Crippen molar-refractivity contribution in [2.45, 2.75) is 85.0 Å². The van der Waals surface area contributed by atoms with Crippen LogP contribution in [0.3, 0.4) is 0 Å². The minimum absolute atomic E-state index is 0.308. The zero-order valence-corrected chi connectivity index (χ0v) is 13.4. The molecule has 1 aliphatic heterocycles. The number of amidine groups is 1. The lowest BCUT2D eigenvalue weighted by molar-refractivity contribution is 0.348. The molecule has 0 aliphatic carbocycles. The first-order chi connectivity index (χ1) is 9.23. The van der Waals surface area contributed by atoms with Gasteiger partial charge in [-0.05, 0) is 19.3 Å². The van der Waals surface area contributed by atoms with Crippen LogP contribution in [0.15, 0.2) is 4.99 Å². The highest BCUT2D eigenvalue weighted by Gasteiger charge is 2.30. The van der Waals surface area contributed by atoms with E-state index >= 15 is 0 Å². The summed E-state index contributed by atoms with van der Waals surface area (Å²) in [6.07, 6.45) is 13.3. The van der Waals surface area contributed by atoms with Crippen LogP contribution in [0, 0.1) is 5.41 Å². The molecule has 1 aliphatic rings. The van der Waals surface area contributed by atoms with Gasteiger partial charge in [-0.15, -0.1) is 0 Å². The summed E-state index contributed by atoms with van der Waals surface area (Å²) >= 11 is 0.